The SMILES string of the molecule is CC1CN2CC(C)O[Si](CI)(O1)OC(C)C2. The summed E-state index contributed by atoms with van der Waals surface area (Å²) in [4.78, 5) is 2.38. The van der Waals surface area contributed by atoms with E-state index in [9.17, 15) is 0 Å². The van der Waals surface area contributed by atoms with E-state index in [-0.39, 0.29) is 18.3 Å². The number of hydrogen-bond acceptors (Lipinski definition) is 4. The van der Waals surface area contributed by atoms with Crippen molar-refractivity contribution in [2.75, 3.05) is 23.7 Å². The zero-order chi connectivity index (χ0) is 11.8. The molecule has 0 N–H and O–H groups in total. The fourth-order valence-electron chi connectivity index (χ4n) is 2.52. The molecule has 0 spiro atoms. The Kier molecular flexibility index (Phi) is 4.29. The molecule has 0 aliphatic carbocycles. The summed E-state index contributed by atoms with van der Waals surface area (Å²) in [5, 5.41) is 0. The molecule has 3 rings (SSSR count). The van der Waals surface area contributed by atoms with Gasteiger partial charge in [-0.1, -0.05) is 22.6 Å². The van der Waals surface area contributed by atoms with Crippen LogP contribution in [0.2, 0.25) is 0 Å². The van der Waals surface area contributed by atoms with Crippen molar-refractivity contribution in [2.24, 2.45) is 0 Å². The highest BCUT2D eigenvalue weighted by molar-refractivity contribution is 14.1. The predicted octanol–water partition coefficient (Wildman–Crippen LogP) is 1.44. The Bertz CT molecular complexity index is 220. The maximum absolute atomic E-state index is 6.09. The van der Waals surface area contributed by atoms with Crippen molar-refractivity contribution in [1.82, 2.24) is 4.90 Å². The first-order valence-corrected chi connectivity index (χ1v) is 9.30. The highest BCUT2D eigenvalue weighted by Crippen LogP contribution is 2.25. The highest BCUT2D eigenvalue weighted by Gasteiger charge is 2.48. The lowest BCUT2D eigenvalue weighted by Gasteiger charge is -2.44. The van der Waals surface area contributed by atoms with E-state index in [1.165, 1.54) is 0 Å². The van der Waals surface area contributed by atoms with Crippen molar-refractivity contribution in [3.8, 4) is 0 Å². The van der Waals surface area contributed by atoms with Gasteiger partial charge in [-0.25, -0.2) is 0 Å². The summed E-state index contributed by atoms with van der Waals surface area (Å²) in [7, 11) is -2.43. The van der Waals surface area contributed by atoms with Gasteiger partial charge in [0, 0.05) is 19.6 Å². The van der Waals surface area contributed by atoms with Crippen molar-refractivity contribution < 1.29 is 13.3 Å². The molecule has 3 unspecified atom stereocenters. The summed E-state index contributed by atoms with van der Waals surface area (Å²) >= 11 is 2.33. The highest BCUT2D eigenvalue weighted by atomic mass is 127. The minimum absolute atomic E-state index is 0.210. The van der Waals surface area contributed by atoms with Gasteiger partial charge in [-0.05, 0) is 20.8 Å². The summed E-state index contributed by atoms with van der Waals surface area (Å²) in [6.07, 6.45) is 0.629. The molecule has 0 aromatic heterocycles. The molecule has 3 aliphatic rings. The third-order valence-corrected chi connectivity index (χ3v) is 8.27. The molecule has 3 fully saturated rings. The number of nitrogens with zero attached hydrogens (tertiary/aromatic N) is 1. The van der Waals surface area contributed by atoms with Gasteiger partial charge in [0.05, 0.1) is 22.4 Å². The van der Waals surface area contributed by atoms with Crippen LogP contribution in [-0.2, 0) is 13.3 Å². The zero-order valence-corrected chi connectivity index (χ0v) is 13.3. The van der Waals surface area contributed by atoms with E-state index in [2.05, 4.69) is 48.3 Å². The molecule has 3 saturated heterocycles. The Morgan fingerprint density at radius 1 is 1.00 bits per heavy atom. The standard InChI is InChI=1S/C10H20INO3Si/c1-8-4-12-5-9(2)14-16(7-11,13-8)15-10(3)6-12/h8-10H,4-7H2,1-3H3. The number of rotatable bonds is 1. The van der Waals surface area contributed by atoms with E-state index < -0.39 is 8.80 Å². The normalized spacial score (nSPS) is 49.5. The van der Waals surface area contributed by atoms with Gasteiger partial charge in [0.25, 0.3) is 0 Å². The monoisotopic (exact) mass is 357 g/mol. The molecule has 0 saturated carbocycles. The quantitative estimate of drug-likeness (QED) is 0.404. The van der Waals surface area contributed by atoms with Gasteiger partial charge >= 0.3 is 8.80 Å². The minimum Gasteiger partial charge on any atom is -0.369 e. The van der Waals surface area contributed by atoms with Crippen molar-refractivity contribution in [2.45, 2.75) is 39.1 Å². The molecular weight excluding hydrogens is 337 g/mol. The van der Waals surface area contributed by atoms with Crippen LogP contribution in [0.5, 0.6) is 0 Å². The molecule has 94 valence electrons. The van der Waals surface area contributed by atoms with Gasteiger partial charge < -0.3 is 13.3 Å². The minimum atomic E-state index is -2.43. The van der Waals surface area contributed by atoms with Crippen LogP contribution in [0.4, 0.5) is 0 Å². The van der Waals surface area contributed by atoms with Crippen LogP contribution in [0, 0.1) is 0 Å². The Hall–Kier alpha value is 0.787. The Balaban J connectivity index is 2.24. The molecule has 3 heterocycles. The Labute approximate surface area is 112 Å². The number of halogens is 1. The van der Waals surface area contributed by atoms with E-state index in [0.717, 1.165) is 23.7 Å². The van der Waals surface area contributed by atoms with Gasteiger partial charge in [-0.3, -0.25) is 4.90 Å². The lowest BCUT2D eigenvalue weighted by atomic mass is 10.2. The van der Waals surface area contributed by atoms with Crippen molar-refractivity contribution in [3.63, 3.8) is 0 Å². The summed E-state index contributed by atoms with van der Waals surface area (Å²) < 4.78 is 19.1. The molecule has 2 bridgehead atoms. The van der Waals surface area contributed by atoms with E-state index >= 15 is 0 Å². The summed E-state index contributed by atoms with van der Waals surface area (Å²) in [5.74, 6) is 0. The maximum Gasteiger partial charge on any atom is 0.512 e. The third-order valence-electron chi connectivity index (χ3n) is 2.85. The van der Waals surface area contributed by atoms with Crippen LogP contribution in [-0.4, -0.2) is 55.7 Å². The van der Waals surface area contributed by atoms with Crippen LogP contribution in [0.15, 0.2) is 0 Å². The predicted molar refractivity (Wildman–Crippen MR) is 72.7 cm³/mol. The smallest absolute Gasteiger partial charge is 0.369 e. The molecule has 3 aliphatic heterocycles. The molecular formula is C10H20INO3Si. The number of alkyl halides is 1. The van der Waals surface area contributed by atoms with E-state index in [1.807, 2.05) is 0 Å². The first kappa shape index (κ1) is 13.2. The third kappa shape index (κ3) is 2.97. The largest absolute Gasteiger partial charge is 0.512 e. The topological polar surface area (TPSA) is 30.9 Å². The maximum atomic E-state index is 6.09. The summed E-state index contributed by atoms with van der Waals surface area (Å²) in [6.45, 7) is 9.31. The Morgan fingerprint density at radius 3 is 1.69 bits per heavy atom. The van der Waals surface area contributed by atoms with Gasteiger partial charge in [-0.2, -0.15) is 0 Å². The molecule has 4 nitrogen and oxygen atoms in total. The first-order chi connectivity index (χ1) is 7.53. The fourth-order valence-corrected chi connectivity index (χ4v) is 6.56. The van der Waals surface area contributed by atoms with Crippen LogP contribution in [0.25, 0.3) is 0 Å². The summed E-state index contributed by atoms with van der Waals surface area (Å²) in [6, 6.07) is 0. The average molecular weight is 357 g/mol. The second kappa shape index (κ2) is 5.19. The van der Waals surface area contributed by atoms with Crippen LogP contribution < -0.4 is 0 Å². The zero-order valence-electron chi connectivity index (χ0n) is 10.1. The van der Waals surface area contributed by atoms with Gasteiger partial charge in [0.15, 0.2) is 0 Å². The first-order valence-electron chi connectivity index (χ1n) is 5.85. The van der Waals surface area contributed by atoms with Crippen LogP contribution in [0.1, 0.15) is 20.8 Å². The van der Waals surface area contributed by atoms with Crippen molar-refractivity contribution in [1.29, 1.82) is 0 Å². The molecule has 16 heavy (non-hydrogen) atoms. The van der Waals surface area contributed by atoms with Gasteiger partial charge in [0.1, 0.15) is 0 Å². The molecule has 6 heteroatoms. The van der Waals surface area contributed by atoms with Crippen LogP contribution in [0.3, 0.4) is 0 Å². The second-order valence-electron chi connectivity index (χ2n) is 4.82. The van der Waals surface area contributed by atoms with Crippen molar-refractivity contribution in [3.05, 3.63) is 0 Å². The second-order valence-corrected chi connectivity index (χ2v) is 9.45. The van der Waals surface area contributed by atoms with E-state index in [1.54, 1.807) is 0 Å². The lowest BCUT2D eigenvalue weighted by molar-refractivity contribution is -0.0753. The molecule has 0 aromatic rings. The molecule has 0 aromatic carbocycles. The van der Waals surface area contributed by atoms with E-state index in [4.69, 9.17) is 13.3 Å². The van der Waals surface area contributed by atoms with Crippen LogP contribution >= 0.6 is 22.6 Å². The number of fused-ring (bicyclic) bond motifs is 6. The average Bonchev–Trinajstić information content (AvgIpc) is 2.11. The van der Waals surface area contributed by atoms with Gasteiger partial charge in [0.2, 0.25) is 0 Å². The Morgan fingerprint density at radius 2 is 1.38 bits per heavy atom. The lowest BCUT2D eigenvalue weighted by Crippen LogP contribution is -2.62. The number of hydrogen-bond donors (Lipinski definition) is 0. The van der Waals surface area contributed by atoms with Gasteiger partial charge in [-0.15, -0.1) is 0 Å². The van der Waals surface area contributed by atoms with Crippen molar-refractivity contribution >= 4 is 31.4 Å². The molecule has 3 atom stereocenters. The fraction of sp³-hybridized carbons (Fsp3) is 1.00. The van der Waals surface area contributed by atoms with E-state index in [0.29, 0.717) is 0 Å². The molecule has 0 radical (unpaired) electrons. The summed E-state index contributed by atoms with van der Waals surface area (Å²) in [5.41, 5.74) is 0. The molecule has 0 amide bonds.